The van der Waals surface area contributed by atoms with Crippen molar-refractivity contribution in [2.24, 2.45) is 0 Å². The Kier molecular flexibility index (Phi) is 8.70. The highest BCUT2D eigenvalue weighted by atomic mass is 19.4. The van der Waals surface area contributed by atoms with Crippen LogP contribution in [0.4, 0.5) is 13.2 Å². The third-order valence-corrected chi connectivity index (χ3v) is 11.5. The van der Waals surface area contributed by atoms with Crippen LogP contribution in [0.1, 0.15) is 27.8 Å². The first kappa shape index (κ1) is 37.4. The zero-order chi connectivity index (χ0) is 42.7. The van der Waals surface area contributed by atoms with Crippen molar-refractivity contribution in [2.45, 2.75) is 6.18 Å². The fraction of sp³-hybridized carbons (Fsp3) is 0.0189. The van der Waals surface area contributed by atoms with E-state index in [4.69, 9.17) is 0 Å². The summed E-state index contributed by atoms with van der Waals surface area (Å²) in [5, 5.41) is 45.1. The molecule has 8 aromatic carbocycles. The minimum absolute atomic E-state index is 0.208. The molecule has 0 amide bonds. The molecular weight excluding hydrogens is 778 g/mol. The molecule has 2 heterocycles. The number of nitrogens with zero attached hydrogens (tertiary/aromatic N) is 6. The third-order valence-electron chi connectivity index (χ3n) is 11.5. The molecule has 0 fully saturated rings. The van der Waals surface area contributed by atoms with E-state index in [1.165, 1.54) is 6.07 Å². The molecule has 0 aliphatic carbocycles. The van der Waals surface area contributed by atoms with Crippen molar-refractivity contribution in [3.8, 4) is 69.0 Å². The molecule has 0 N–H and O–H groups in total. The second kappa shape index (κ2) is 14.4. The maximum Gasteiger partial charge on any atom is 0.416 e. The molecule has 0 aliphatic heterocycles. The van der Waals surface area contributed by atoms with Crippen LogP contribution in [0.2, 0.25) is 0 Å². The van der Waals surface area contributed by atoms with Gasteiger partial charge in [0.1, 0.15) is 0 Å². The SMILES string of the molecule is N#Cc1cc(-n2c3ccccc3c3ccc(-c4ccccc4C#N)cc32)c(-c2ccc(C(F)(F)F)cc2C#N)c(-n2c3ccccc3c3ccc(-c4ccccc4C#N)cc32)c1. The van der Waals surface area contributed by atoms with Crippen LogP contribution in [-0.4, -0.2) is 9.13 Å². The van der Waals surface area contributed by atoms with E-state index in [0.29, 0.717) is 50.2 Å². The lowest BCUT2D eigenvalue weighted by Crippen LogP contribution is -2.08. The average Bonchev–Trinajstić information content (AvgIpc) is 3.82. The predicted molar refractivity (Wildman–Crippen MR) is 235 cm³/mol. The van der Waals surface area contributed by atoms with Crippen molar-refractivity contribution in [1.82, 2.24) is 9.13 Å². The Hall–Kier alpha value is -8.89. The summed E-state index contributed by atoms with van der Waals surface area (Å²) in [5.41, 5.74) is 7.45. The molecule has 0 radical (unpaired) electrons. The van der Waals surface area contributed by atoms with Gasteiger partial charge in [-0.1, -0.05) is 103 Å². The van der Waals surface area contributed by atoms with Gasteiger partial charge in [0.25, 0.3) is 0 Å². The molecule has 10 rings (SSSR count). The average molecular weight is 805 g/mol. The van der Waals surface area contributed by atoms with Gasteiger partial charge in [-0.25, -0.2) is 0 Å². The van der Waals surface area contributed by atoms with Gasteiger partial charge < -0.3 is 9.13 Å². The Morgan fingerprint density at radius 2 is 0.839 bits per heavy atom. The van der Waals surface area contributed by atoms with Crippen LogP contribution in [0.15, 0.2) is 164 Å². The van der Waals surface area contributed by atoms with Crippen molar-refractivity contribution >= 4 is 43.6 Å². The summed E-state index contributed by atoms with van der Waals surface area (Å²) in [6.07, 6.45) is -4.72. The Balaban J connectivity index is 1.39. The molecule has 2 aromatic heterocycles. The number of halogens is 3. The summed E-state index contributed by atoms with van der Waals surface area (Å²) in [6.45, 7) is 0. The van der Waals surface area contributed by atoms with Crippen LogP contribution >= 0.6 is 0 Å². The van der Waals surface area contributed by atoms with Crippen molar-refractivity contribution in [1.29, 1.82) is 21.0 Å². The minimum atomic E-state index is -4.72. The van der Waals surface area contributed by atoms with E-state index in [1.807, 2.05) is 118 Å². The molecule has 62 heavy (non-hydrogen) atoms. The van der Waals surface area contributed by atoms with Crippen molar-refractivity contribution in [3.63, 3.8) is 0 Å². The molecule has 0 saturated carbocycles. The number of alkyl halides is 3. The molecule has 6 nitrogen and oxygen atoms in total. The van der Waals surface area contributed by atoms with Gasteiger partial charge in [0.05, 0.1) is 85.5 Å². The summed E-state index contributed by atoms with van der Waals surface area (Å²) >= 11 is 0. The monoisotopic (exact) mass is 804 g/mol. The number of hydrogen-bond donors (Lipinski definition) is 0. The topological polar surface area (TPSA) is 105 Å². The molecule has 0 aliphatic rings. The first-order valence-electron chi connectivity index (χ1n) is 19.5. The molecule has 0 saturated heterocycles. The Morgan fingerprint density at radius 1 is 0.387 bits per heavy atom. The third kappa shape index (κ3) is 5.85. The highest BCUT2D eigenvalue weighted by Gasteiger charge is 2.32. The van der Waals surface area contributed by atoms with E-state index in [2.05, 4.69) is 24.3 Å². The number of aromatic nitrogens is 2. The smallest absolute Gasteiger partial charge is 0.308 e. The van der Waals surface area contributed by atoms with E-state index in [0.717, 1.165) is 55.8 Å². The minimum Gasteiger partial charge on any atom is -0.308 e. The Bertz CT molecular complexity index is 3500. The van der Waals surface area contributed by atoms with Crippen LogP contribution in [0.25, 0.3) is 88.4 Å². The van der Waals surface area contributed by atoms with Crippen LogP contribution in [0.3, 0.4) is 0 Å². The Labute approximate surface area is 352 Å². The lowest BCUT2D eigenvalue weighted by Gasteiger charge is -2.22. The van der Waals surface area contributed by atoms with Gasteiger partial charge >= 0.3 is 6.18 Å². The van der Waals surface area contributed by atoms with Crippen LogP contribution in [-0.2, 0) is 6.18 Å². The molecule has 10 aromatic rings. The maximum absolute atomic E-state index is 14.3. The first-order chi connectivity index (χ1) is 30.2. The van der Waals surface area contributed by atoms with Gasteiger partial charge in [-0.15, -0.1) is 0 Å². The number of fused-ring (bicyclic) bond motifs is 6. The van der Waals surface area contributed by atoms with E-state index >= 15 is 0 Å². The normalized spacial score (nSPS) is 11.4. The molecule has 0 bridgehead atoms. The molecule has 0 unspecified atom stereocenters. The zero-order valence-electron chi connectivity index (χ0n) is 32.4. The van der Waals surface area contributed by atoms with E-state index in [9.17, 15) is 34.2 Å². The summed E-state index contributed by atoms with van der Waals surface area (Å²) < 4.78 is 46.9. The predicted octanol–water partition coefficient (Wildman–Crippen LogP) is 13.4. The molecule has 0 atom stereocenters. The van der Waals surface area contributed by atoms with Crippen LogP contribution < -0.4 is 0 Å². The van der Waals surface area contributed by atoms with E-state index < -0.39 is 11.7 Å². The van der Waals surface area contributed by atoms with Crippen molar-refractivity contribution in [3.05, 3.63) is 192 Å². The largest absolute Gasteiger partial charge is 0.416 e. The fourth-order valence-electron chi connectivity index (χ4n) is 8.80. The number of para-hydroxylation sites is 2. The molecule has 9 heteroatoms. The van der Waals surface area contributed by atoms with Gasteiger partial charge in [-0.2, -0.15) is 34.2 Å². The fourth-order valence-corrected chi connectivity index (χ4v) is 8.80. The second-order valence-corrected chi connectivity index (χ2v) is 14.9. The lowest BCUT2D eigenvalue weighted by molar-refractivity contribution is -0.137. The Morgan fingerprint density at radius 3 is 1.31 bits per heavy atom. The standard InChI is InChI=1S/C53H27F3N6/c54-53(55,56)38-19-22-41(37(25-38)31-60)52-50(61-46-15-7-5-13-42(46)44-20-17-33(26-48(44)61)39-11-3-1-9-35(39)29-58)23-32(28-57)24-51(52)62-47-16-8-6-14-43(47)45-21-18-34(27-49(45)62)40-12-4-2-10-36(40)30-59/h1-27H. The first-order valence-corrected chi connectivity index (χ1v) is 19.5. The summed E-state index contributed by atoms with van der Waals surface area (Å²) in [7, 11) is 0. The quantitative estimate of drug-likeness (QED) is 0.173. The highest BCUT2D eigenvalue weighted by molar-refractivity contribution is 6.13. The molecule has 0 spiro atoms. The van der Waals surface area contributed by atoms with Crippen LogP contribution in [0, 0.1) is 45.3 Å². The van der Waals surface area contributed by atoms with Gasteiger partial charge in [-0.05, 0) is 82.9 Å². The number of hydrogen-bond acceptors (Lipinski definition) is 4. The van der Waals surface area contributed by atoms with Gasteiger partial charge in [0.15, 0.2) is 0 Å². The van der Waals surface area contributed by atoms with Crippen molar-refractivity contribution in [2.75, 3.05) is 0 Å². The lowest BCUT2D eigenvalue weighted by atomic mass is 9.93. The van der Waals surface area contributed by atoms with Gasteiger partial charge in [0.2, 0.25) is 0 Å². The van der Waals surface area contributed by atoms with Gasteiger partial charge in [0, 0.05) is 32.7 Å². The molecule has 290 valence electrons. The number of rotatable bonds is 5. The molecular formula is C53H27F3N6. The highest BCUT2D eigenvalue weighted by Crippen LogP contribution is 2.45. The second-order valence-electron chi connectivity index (χ2n) is 14.9. The van der Waals surface area contributed by atoms with Crippen LogP contribution in [0.5, 0.6) is 0 Å². The summed E-state index contributed by atoms with van der Waals surface area (Å²) in [4.78, 5) is 0. The zero-order valence-corrected chi connectivity index (χ0v) is 32.4. The van der Waals surface area contributed by atoms with E-state index in [1.54, 1.807) is 36.4 Å². The summed E-state index contributed by atoms with van der Waals surface area (Å²) in [6, 6.07) is 57.5. The van der Waals surface area contributed by atoms with Gasteiger partial charge in [-0.3, -0.25) is 0 Å². The maximum atomic E-state index is 14.3. The summed E-state index contributed by atoms with van der Waals surface area (Å²) in [5.74, 6) is 0. The number of nitriles is 4. The van der Waals surface area contributed by atoms with Crippen molar-refractivity contribution < 1.29 is 13.2 Å². The number of benzene rings is 8. The van der Waals surface area contributed by atoms with E-state index in [-0.39, 0.29) is 16.7 Å².